The van der Waals surface area contributed by atoms with Gasteiger partial charge in [0.15, 0.2) is 0 Å². The first-order valence-corrected chi connectivity index (χ1v) is 11.6. The minimum absolute atomic E-state index is 0.107. The summed E-state index contributed by atoms with van der Waals surface area (Å²) in [6.07, 6.45) is 2.75. The summed E-state index contributed by atoms with van der Waals surface area (Å²) < 4.78 is 27.2. The number of carbonyl (C=O) groups is 1. The third kappa shape index (κ3) is 5.29. The number of likely N-dealkylation sites (N-methyl/N-ethyl adjacent to an activating group) is 1. The number of hydrogen-bond donors (Lipinski definition) is 1. The molecule has 1 heterocycles. The maximum absolute atomic E-state index is 12.9. The predicted molar refractivity (Wildman–Crippen MR) is 116 cm³/mol. The Morgan fingerprint density at radius 3 is 2.48 bits per heavy atom. The smallest absolute Gasteiger partial charge is 0.252 e. The number of benzene rings is 2. The molecule has 0 spiro atoms. The standard InChI is InChI=1S/C21H26ClN3O3S/c1-24(17-8-4-2-5-9-17)15-12-23-21(26)19-16-18(10-11-20(19)22)29(27,28)25-13-6-3-7-14-25/h2,4-5,8-11,16H,3,6-7,12-15H2,1H3,(H,23,26). The Balaban J connectivity index is 1.66. The van der Waals surface area contributed by atoms with Crippen LogP contribution in [0.15, 0.2) is 53.4 Å². The van der Waals surface area contributed by atoms with E-state index in [2.05, 4.69) is 5.32 Å². The minimum atomic E-state index is -3.62. The first-order chi connectivity index (χ1) is 13.9. The van der Waals surface area contributed by atoms with Gasteiger partial charge in [-0.3, -0.25) is 4.79 Å². The average Bonchev–Trinajstić information content (AvgIpc) is 2.75. The Bertz CT molecular complexity index is 945. The summed E-state index contributed by atoms with van der Waals surface area (Å²) in [7, 11) is -1.67. The van der Waals surface area contributed by atoms with Crippen LogP contribution in [0.3, 0.4) is 0 Å². The summed E-state index contributed by atoms with van der Waals surface area (Å²) in [6.45, 7) is 2.04. The summed E-state index contributed by atoms with van der Waals surface area (Å²) in [5.74, 6) is -0.382. The maximum atomic E-state index is 12.9. The van der Waals surface area contributed by atoms with Crippen molar-refractivity contribution in [3.63, 3.8) is 0 Å². The molecule has 1 aliphatic heterocycles. The highest BCUT2D eigenvalue weighted by Crippen LogP contribution is 2.25. The van der Waals surface area contributed by atoms with Crippen LogP contribution < -0.4 is 10.2 Å². The van der Waals surface area contributed by atoms with Crippen molar-refractivity contribution in [2.75, 3.05) is 38.1 Å². The highest BCUT2D eigenvalue weighted by molar-refractivity contribution is 7.89. The summed E-state index contributed by atoms with van der Waals surface area (Å²) in [5.41, 5.74) is 1.22. The molecule has 6 nitrogen and oxygen atoms in total. The number of carbonyl (C=O) groups excluding carboxylic acids is 1. The molecular formula is C21H26ClN3O3S. The Morgan fingerprint density at radius 2 is 1.79 bits per heavy atom. The fourth-order valence-corrected chi connectivity index (χ4v) is 5.08. The molecule has 29 heavy (non-hydrogen) atoms. The third-order valence-corrected chi connectivity index (χ3v) is 7.29. The second-order valence-electron chi connectivity index (χ2n) is 7.12. The van der Waals surface area contributed by atoms with Gasteiger partial charge >= 0.3 is 0 Å². The van der Waals surface area contributed by atoms with E-state index in [4.69, 9.17) is 11.6 Å². The van der Waals surface area contributed by atoms with Gasteiger partial charge in [-0.05, 0) is 43.2 Å². The van der Waals surface area contributed by atoms with Gasteiger partial charge in [-0.1, -0.05) is 36.2 Å². The summed E-state index contributed by atoms with van der Waals surface area (Å²) in [4.78, 5) is 14.8. The van der Waals surface area contributed by atoms with Crippen LogP contribution in [0.4, 0.5) is 5.69 Å². The fraction of sp³-hybridized carbons (Fsp3) is 0.381. The van der Waals surface area contributed by atoms with Crippen molar-refractivity contribution in [2.45, 2.75) is 24.2 Å². The summed E-state index contributed by atoms with van der Waals surface area (Å²) in [6, 6.07) is 14.2. The van der Waals surface area contributed by atoms with Crippen molar-refractivity contribution in [3.8, 4) is 0 Å². The number of sulfonamides is 1. The van der Waals surface area contributed by atoms with Crippen LogP contribution in [0.5, 0.6) is 0 Å². The van der Waals surface area contributed by atoms with Crippen molar-refractivity contribution in [3.05, 3.63) is 59.1 Å². The zero-order chi connectivity index (χ0) is 20.9. The van der Waals surface area contributed by atoms with Crippen LogP contribution in [0.2, 0.25) is 5.02 Å². The Hall–Kier alpha value is -2.09. The normalized spacial score (nSPS) is 15.1. The van der Waals surface area contributed by atoms with Gasteiger partial charge in [0.25, 0.3) is 5.91 Å². The molecule has 3 rings (SSSR count). The first kappa shape index (κ1) is 21.6. The number of halogens is 1. The number of hydrogen-bond acceptors (Lipinski definition) is 4. The van der Waals surface area contributed by atoms with E-state index in [0.29, 0.717) is 26.2 Å². The predicted octanol–water partition coefficient (Wildman–Crippen LogP) is 3.38. The van der Waals surface area contributed by atoms with Gasteiger partial charge in [0, 0.05) is 38.9 Å². The second kappa shape index (κ2) is 9.61. The van der Waals surface area contributed by atoms with Gasteiger partial charge in [-0.2, -0.15) is 4.31 Å². The van der Waals surface area contributed by atoms with Crippen molar-refractivity contribution >= 4 is 33.2 Å². The molecule has 8 heteroatoms. The molecule has 2 aromatic rings. The fourth-order valence-electron chi connectivity index (χ4n) is 3.34. The molecule has 1 saturated heterocycles. The number of piperidine rings is 1. The molecule has 1 aliphatic rings. The monoisotopic (exact) mass is 435 g/mol. The van der Waals surface area contributed by atoms with Gasteiger partial charge in [0.1, 0.15) is 0 Å². The molecule has 1 N–H and O–H groups in total. The Labute approximate surface area is 177 Å². The molecule has 1 amide bonds. The molecule has 0 radical (unpaired) electrons. The first-order valence-electron chi connectivity index (χ1n) is 9.73. The van der Waals surface area contributed by atoms with Crippen molar-refractivity contribution in [1.82, 2.24) is 9.62 Å². The van der Waals surface area contributed by atoms with E-state index in [0.717, 1.165) is 24.9 Å². The zero-order valence-corrected chi connectivity index (χ0v) is 18.0. The molecule has 156 valence electrons. The maximum Gasteiger partial charge on any atom is 0.252 e. The molecule has 0 unspecified atom stereocenters. The molecule has 1 fully saturated rings. The van der Waals surface area contributed by atoms with Gasteiger partial charge in [-0.15, -0.1) is 0 Å². The molecule has 0 atom stereocenters. The number of rotatable bonds is 7. The Kier molecular flexibility index (Phi) is 7.16. The largest absolute Gasteiger partial charge is 0.373 e. The highest BCUT2D eigenvalue weighted by atomic mass is 35.5. The lowest BCUT2D eigenvalue weighted by atomic mass is 10.2. The van der Waals surface area contributed by atoms with Crippen molar-refractivity contribution in [1.29, 1.82) is 0 Å². The second-order valence-corrected chi connectivity index (χ2v) is 9.46. The van der Waals surface area contributed by atoms with Crippen LogP contribution in [-0.2, 0) is 10.0 Å². The van der Waals surface area contributed by atoms with Crippen LogP contribution in [-0.4, -0.2) is 51.9 Å². The van der Waals surface area contributed by atoms with E-state index in [1.807, 2.05) is 42.3 Å². The summed E-state index contributed by atoms with van der Waals surface area (Å²) >= 11 is 6.18. The number of para-hydroxylation sites is 1. The van der Waals surface area contributed by atoms with Crippen molar-refractivity contribution < 1.29 is 13.2 Å². The van der Waals surface area contributed by atoms with Gasteiger partial charge in [0.2, 0.25) is 10.0 Å². The zero-order valence-electron chi connectivity index (χ0n) is 16.5. The lowest BCUT2D eigenvalue weighted by Crippen LogP contribution is -2.36. The molecule has 2 aromatic carbocycles. The van der Waals surface area contributed by atoms with Crippen LogP contribution in [0.1, 0.15) is 29.6 Å². The SMILES string of the molecule is CN(CCNC(=O)c1cc(S(=O)(=O)N2CCCCC2)ccc1Cl)c1ccccc1. The minimum Gasteiger partial charge on any atom is -0.373 e. The van der Waals surface area contributed by atoms with Crippen LogP contribution >= 0.6 is 11.6 Å². The summed E-state index contributed by atoms with van der Waals surface area (Å²) in [5, 5.41) is 3.06. The Morgan fingerprint density at radius 1 is 1.10 bits per heavy atom. The van der Waals surface area contributed by atoms with Crippen LogP contribution in [0, 0.1) is 0 Å². The molecule has 0 aliphatic carbocycles. The average molecular weight is 436 g/mol. The number of anilines is 1. The van der Waals surface area contributed by atoms with Gasteiger partial charge in [0.05, 0.1) is 15.5 Å². The number of nitrogens with zero attached hydrogens (tertiary/aromatic N) is 2. The highest BCUT2D eigenvalue weighted by Gasteiger charge is 2.27. The van der Waals surface area contributed by atoms with E-state index in [1.54, 1.807) is 0 Å². The van der Waals surface area contributed by atoms with Gasteiger partial charge in [-0.25, -0.2) is 8.42 Å². The number of amides is 1. The van der Waals surface area contributed by atoms with E-state index in [1.165, 1.54) is 22.5 Å². The third-order valence-electron chi connectivity index (χ3n) is 5.06. The molecular weight excluding hydrogens is 410 g/mol. The van der Waals surface area contributed by atoms with E-state index in [-0.39, 0.29) is 21.4 Å². The lowest BCUT2D eigenvalue weighted by Gasteiger charge is -2.26. The lowest BCUT2D eigenvalue weighted by molar-refractivity contribution is 0.0954. The van der Waals surface area contributed by atoms with E-state index in [9.17, 15) is 13.2 Å². The number of nitrogens with one attached hydrogen (secondary N) is 1. The topological polar surface area (TPSA) is 69.7 Å². The van der Waals surface area contributed by atoms with Crippen molar-refractivity contribution in [2.24, 2.45) is 0 Å². The molecule has 0 aromatic heterocycles. The van der Waals surface area contributed by atoms with E-state index >= 15 is 0 Å². The van der Waals surface area contributed by atoms with Crippen LogP contribution in [0.25, 0.3) is 0 Å². The quantitative estimate of drug-likeness (QED) is 0.723. The molecule has 0 bridgehead atoms. The molecule has 0 saturated carbocycles. The van der Waals surface area contributed by atoms with Gasteiger partial charge < -0.3 is 10.2 Å². The van der Waals surface area contributed by atoms with E-state index < -0.39 is 10.0 Å².